The zero-order valence-corrected chi connectivity index (χ0v) is 10.4. The van der Waals surface area contributed by atoms with E-state index in [1.807, 2.05) is 13.0 Å². The highest BCUT2D eigenvalue weighted by molar-refractivity contribution is 5.38. The predicted octanol–water partition coefficient (Wildman–Crippen LogP) is 1.77. The minimum Gasteiger partial charge on any atom is -0.472 e. The van der Waals surface area contributed by atoms with Crippen LogP contribution >= 0.6 is 0 Å². The minimum absolute atomic E-state index is 0.128. The molecule has 1 aliphatic rings. The molecule has 0 saturated carbocycles. The Labute approximate surface area is 102 Å². The van der Waals surface area contributed by atoms with Gasteiger partial charge in [0.15, 0.2) is 0 Å². The predicted molar refractivity (Wildman–Crippen MR) is 65.4 cm³/mol. The van der Waals surface area contributed by atoms with Crippen LogP contribution in [0.2, 0.25) is 0 Å². The number of anilines is 1. The second-order valence-electron chi connectivity index (χ2n) is 4.17. The van der Waals surface area contributed by atoms with Crippen LogP contribution in [0.1, 0.15) is 25.6 Å². The van der Waals surface area contributed by atoms with Crippen LogP contribution in [0, 0.1) is 6.92 Å². The number of hydrogen-bond acceptors (Lipinski definition) is 5. The van der Waals surface area contributed by atoms with Gasteiger partial charge in [0.1, 0.15) is 17.7 Å². The first kappa shape index (κ1) is 12.1. The molecule has 5 nitrogen and oxygen atoms in total. The highest BCUT2D eigenvalue weighted by Gasteiger charge is 2.18. The van der Waals surface area contributed by atoms with Crippen molar-refractivity contribution in [3.63, 3.8) is 0 Å². The summed E-state index contributed by atoms with van der Waals surface area (Å²) < 4.78 is 11.0. The van der Waals surface area contributed by atoms with Crippen molar-refractivity contribution in [3.8, 4) is 5.88 Å². The lowest BCUT2D eigenvalue weighted by Gasteiger charge is -2.12. The number of aromatic nitrogens is 2. The molecule has 1 aliphatic heterocycles. The lowest BCUT2D eigenvalue weighted by atomic mass is 10.3. The molecule has 0 aromatic carbocycles. The van der Waals surface area contributed by atoms with Crippen LogP contribution in [-0.4, -0.2) is 35.8 Å². The summed E-state index contributed by atoms with van der Waals surface area (Å²) in [7, 11) is 0. The highest BCUT2D eigenvalue weighted by atomic mass is 16.5. The Morgan fingerprint density at radius 3 is 3.12 bits per heavy atom. The number of ether oxygens (including phenoxy) is 2. The fourth-order valence-corrected chi connectivity index (χ4v) is 1.72. The summed E-state index contributed by atoms with van der Waals surface area (Å²) in [6.07, 6.45) is 2.12. The molecule has 1 unspecified atom stereocenters. The van der Waals surface area contributed by atoms with Gasteiger partial charge in [-0.1, -0.05) is 6.92 Å². The van der Waals surface area contributed by atoms with Gasteiger partial charge in [0.05, 0.1) is 13.2 Å². The van der Waals surface area contributed by atoms with E-state index in [1.54, 1.807) is 0 Å². The van der Waals surface area contributed by atoms with Gasteiger partial charge < -0.3 is 14.8 Å². The van der Waals surface area contributed by atoms with Crippen LogP contribution in [0.3, 0.4) is 0 Å². The monoisotopic (exact) mass is 237 g/mol. The van der Waals surface area contributed by atoms with E-state index in [0.717, 1.165) is 37.6 Å². The van der Waals surface area contributed by atoms with Crippen LogP contribution in [-0.2, 0) is 4.74 Å². The van der Waals surface area contributed by atoms with Crippen molar-refractivity contribution in [3.05, 3.63) is 11.9 Å². The molecule has 1 aromatic rings. The molecule has 5 heteroatoms. The third kappa shape index (κ3) is 3.56. The van der Waals surface area contributed by atoms with E-state index >= 15 is 0 Å². The Balaban J connectivity index is 2.02. The summed E-state index contributed by atoms with van der Waals surface area (Å²) in [5, 5.41) is 3.24. The largest absolute Gasteiger partial charge is 0.472 e. The maximum atomic E-state index is 5.76. The van der Waals surface area contributed by atoms with Crippen molar-refractivity contribution in [1.82, 2.24) is 9.97 Å². The molecule has 0 radical (unpaired) electrons. The van der Waals surface area contributed by atoms with Crippen LogP contribution in [0.4, 0.5) is 5.82 Å². The van der Waals surface area contributed by atoms with E-state index in [9.17, 15) is 0 Å². The molecule has 0 spiro atoms. The maximum absolute atomic E-state index is 5.76. The standard InChI is InChI=1S/C12H19N3O2/c1-3-5-13-11-7-12(15-9(2)14-11)17-10-4-6-16-8-10/h7,10H,3-6,8H2,1-2H3,(H,13,14,15). The van der Waals surface area contributed by atoms with Gasteiger partial charge in [-0.05, 0) is 13.3 Å². The van der Waals surface area contributed by atoms with Crippen LogP contribution in [0.15, 0.2) is 6.07 Å². The zero-order chi connectivity index (χ0) is 12.1. The quantitative estimate of drug-likeness (QED) is 0.846. The second-order valence-corrected chi connectivity index (χ2v) is 4.17. The fraction of sp³-hybridized carbons (Fsp3) is 0.667. The van der Waals surface area contributed by atoms with E-state index in [2.05, 4.69) is 22.2 Å². The van der Waals surface area contributed by atoms with Crippen LogP contribution < -0.4 is 10.1 Å². The minimum atomic E-state index is 0.128. The van der Waals surface area contributed by atoms with Gasteiger partial charge in [-0.25, -0.2) is 4.98 Å². The Bertz CT molecular complexity index is 365. The zero-order valence-electron chi connectivity index (χ0n) is 10.4. The summed E-state index contributed by atoms with van der Waals surface area (Å²) in [5.41, 5.74) is 0. The Hall–Kier alpha value is -1.36. The average Bonchev–Trinajstić information content (AvgIpc) is 2.78. The van der Waals surface area contributed by atoms with E-state index in [4.69, 9.17) is 9.47 Å². The molecule has 1 aromatic heterocycles. The smallest absolute Gasteiger partial charge is 0.219 e. The SMILES string of the molecule is CCCNc1cc(OC2CCOC2)nc(C)n1. The van der Waals surface area contributed by atoms with Crippen molar-refractivity contribution in [2.75, 3.05) is 25.1 Å². The van der Waals surface area contributed by atoms with Gasteiger partial charge in [0, 0.05) is 19.0 Å². The number of nitrogens with one attached hydrogen (secondary N) is 1. The molecule has 0 bridgehead atoms. The molecule has 1 saturated heterocycles. The van der Waals surface area contributed by atoms with Gasteiger partial charge in [-0.3, -0.25) is 0 Å². The molecule has 2 rings (SSSR count). The number of aryl methyl sites for hydroxylation is 1. The lowest BCUT2D eigenvalue weighted by molar-refractivity contribution is 0.138. The molecule has 17 heavy (non-hydrogen) atoms. The van der Waals surface area contributed by atoms with Crippen molar-refractivity contribution >= 4 is 5.82 Å². The number of rotatable bonds is 5. The summed E-state index contributed by atoms with van der Waals surface area (Å²) in [5.74, 6) is 2.18. The van der Waals surface area contributed by atoms with Gasteiger partial charge in [-0.2, -0.15) is 4.98 Å². The van der Waals surface area contributed by atoms with E-state index in [1.165, 1.54) is 0 Å². The van der Waals surface area contributed by atoms with Crippen LogP contribution in [0.25, 0.3) is 0 Å². The average molecular weight is 237 g/mol. The summed E-state index contributed by atoms with van der Waals surface area (Å²) in [6.45, 7) is 6.32. The highest BCUT2D eigenvalue weighted by Crippen LogP contribution is 2.17. The van der Waals surface area contributed by atoms with Crippen molar-refractivity contribution in [2.24, 2.45) is 0 Å². The molecule has 1 fully saturated rings. The third-order valence-corrected chi connectivity index (χ3v) is 2.55. The Morgan fingerprint density at radius 2 is 2.41 bits per heavy atom. The lowest BCUT2D eigenvalue weighted by Crippen LogP contribution is -2.17. The number of nitrogens with zero attached hydrogens (tertiary/aromatic N) is 2. The molecule has 94 valence electrons. The third-order valence-electron chi connectivity index (χ3n) is 2.55. The van der Waals surface area contributed by atoms with Gasteiger partial charge >= 0.3 is 0 Å². The first-order valence-corrected chi connectivity index (χ1v) is 6.12. The normalized spacial score (nSPS) is 19.3. The number of hydrogen-bond donors (Lipinski definition) is 1. The summed E-state index contributed by atoms with van der Waals surface area (Å²) in [6, 6.07) is 1.85. The fourth-order valence-electron chi connectivity index (χ4n) is 1.72. The van der Waals surface area contributed by atoms with Crippen molar-refractivity contribution in [1.29, 1.82) is 0 Å². The van der Waals surface area contributed by atoms with Gasteiger partial charge in [0.2, 0.25) is 5.88 Å². The summed E-state index contributed by atoms with van der Waals surface area (Å²) >= 11 is 0. The molecular formula is C12H19N3O2. The molecule has 2 heterocycles. The second kappa shape index (κ2) is 5.82. The summed E-state index contributed by atoms with van der Waals surface area (Å²) in [4.78, 5) is 8.59. The Kier molecular flexibility index (Phi) is 4.14. The molecule has 0 amide bonds. The first-order valence-electron chi connectivity index (χ1n) is 6.12. The molecule has 1 N–H and O–H groups in total. The van der Waals surface area contributed by atoms with Gasteiger partial charge in [-0.15, -0.1) is 0 Å². The topological polar surface area (TPSA) is 56.3 Å². The van der Waals surface area contributed by atoms with Crippen molar-refractivity contribution < 1.29 is 9.47 Å². The van der Waals surface area contributed by atoms with Crippen LogP contribution in [0.5, 0.6) is 5.88 Å². The molecule has 1 atom stereocenters. The molecule has 0 aliphatic carbocycles. The molecular weight excluding hydrogens is 218 g/mol. The van der Waals surface area contributed by atoms with E-state index in [0.29, 0.717) is 12.5 Å². The Morgan fingerprint density at radius 1 is 1.53 bits per heavy atom. The first-order chi connectivity index (χ1) is 8.28. The van der Waals surface area contributed by atoms with E-state index in [-0.39, 0.29) is 6.10 Å². The van der Waals surface area contributed by atoms with Gasteiger partial charge in [0.25, 0.3) is 0 Å². The van der Waals surface area contributed by atoms with Crippen molar-refractivity contribution in [2.45, 2.75) is 32.8 Å². The van der Waals surface area contributed by atoms with E-state index < -0.39 is 0 Å². The maximum Gasteiger partial charge on any atom is 0.219 e.